The number of carbonyl (C=O) groups excluding carboxylic acids is 2. The number of benzene rings is 3. The minimum atomic E-state index is -3.86. The highest BCUT2D eigenvalue weighted by atomic mass is 32.2. The maximum Gasteiger partial charge on any atom is 0.244 e. The van der Waals surface area contributed by atoms with Crippen LogP contribution in [0.3, 0.4) is 0 Å². The van der Waals surface area contributed by atoms with Crippen LogP contribution >= 0.6 is 0 Å². The van der Waals surface area contributed by atoms with Crippen molar-refractivity contribution in [1.29, 1.82) is 0 Å². The Kier molecular flexibility index (Phi) is 10.3. The van der Waals surface area contributed by atoms with Crippen LogP contribution in [0, 0.1) is 0 Å². The van der Waals surface area contributed by atoms with E-state index in [0.717, 1.165) is 21.7 Å². The highest BCUT2D eigenvalue weighted by molar-refractivity contribution is 7.92. The van der Waals surface area contributed by atoms with E-state index in [2.05, 4.69) is 5.32 Å². The molecule has 0 aromatic heterocycles. The van der Waals surface area contributed by atoms with Gasteiger partial charge < -0.3 is 19.7 Å². The van der Waals surface area contributed by atoms with Gasteiger partial charge in [0.25, 0.3) is 0 Å². The Hall–Kier alpha value is -4.05. The van der Waals surface area contributed by atoms with Gasteiger partial charge >= 0.3 is 0 Å². The van der Waals surface area contributed by atoms with E-state index in [0.29, 0.717) is 18.0 Å². The maximum absolute atomic E-state index is 14.0. The summed E-state index contributed by atoms with van der Waals surface area (Å²) in [5.74, 6) is 0.195. The molecule has 3 rings (SSSR count). The number of nitrogens with one attached hydrogen (secondary N) is 1. The number of ether oxygens (including phenoxy) is 2. The lowest BCUT2D eigenvalue weighted by molar-refractivity contribution is -0.140. The predicted octanol–water partition coefficient (Wildman–Crippen LogP) is 3.25. The number of hydrogen-bond donors (Lipinski definition) is 1. The number of anilines is 1. The molecule has 0 aliphatic rings. The zero-order chi connectivity index (χ0) is 28.4. The van der Waals surface area contributed by atoms with Crippen molar-refractivity contribution in [3.63, 3.8) is 0 Å². The molecule has 0 aliphatic heterocycles. The minimum Gasteiger partial charge on any atom is -0.497 e. The molecule has 0 saturated carbocycles. The van der Waals surface area contributed by atoms with Gasteiger partial charge in [-0.2, -0.15) is 0 Å². The molecule has 0 spiro atoms. The SMILES string of the molecule is CCNC(=O)[C@@H](Cc1ccccc1)N(Cc1cccc(OC)c1)C(=O)CN(c1cccc(OC)c1)S(C)(=O)=O. The molecule has 0 aliphatic carbocycles. The topological polar surface area (TPSA) is 105 Å². The molecule has 0 radical (unpaired) electrons. The molecule has 9 nitrogen and oxygen atoms in total. The average molecular weight is 554 g/mol. The van der Waals surface area contributed by atoms with E-state index in [1.54, 1.807) is 56.5 Å². The van der Waals surface area contributed by atoms with Crippen LogP contribution in [0.2, 0.25) is 0 Å². The van der Waals surface area contributed by atoms with Crippen LogP contribution in [0.5, 0.6) is 11.5 Å². The van der Waals surface area contributed by atoms with Crippen molar-refractivity contribution < 1.29 is 27.5 Å². The van der Waals surface area contributed by atoms with Gasteiger partial charge in [0.05, 0.1) is 26.2 Å². The first-order chi connectivity index (χ1) is 18.7. The van der Waals surface area contributed by atoms with Gasteiger partial charge in [-0.15, -0.1) is 0 Å². The van der Waals surface area contributed by atoms with E-state index in [9.17, 15) is 18.0 Å². The van der Waals surface area contributed by atoms with Crippen molar-refractivity contribution in [3.8, 4) is 11.5 Å². The van der Waals surface area contributed by atoms with Gasteiger partial charge in [-0.25, -0.2) is 8.42 Å². The zero-order valence-corrected chi connectivity index (χ0v) is 23.5. The second-order valence-corrected chi connectivity index (χ2v) is 10.9. The van der Waals surface area contributed by atoms with E-state index in [1.807, 2.05) is 36.4 Å². The highest BCUT2D eigenvalue weighted by Crippen LogP contribution is 2.24. The van der Waals surface area contributed by atoms with Crippen molar-refractivity contribution in [1.82, 2.24) is 10.2 Å². The lowest BCUT2D eigenvalue weighted by atomic mass is 10.0. The van der Waals surface area contributed by atoms with Crippen LogP contribution in [0.15, 0.2) is 78.9 Å². The second-order valence-electron chi connectivity index (χ2n) is 8.94. The molecule has 208 valence electrons. The Morgan fingerprint density at radius 3 is 2.10 bits per heavy atom. The van der Waals surface area contributed by atoms with Gasteiger partial charge in [-0.3, -0.25) is 13.9 Å². The first-order valence-electron chi connectivity index (χ1n) is 12.5. The van der Waals surface area contributed by atoms with Crippen molar-refractivity contribution in [2.24, 2.45) is 0 Å². The lowest BCUT2D eigenvalue weighted by Crippen LogP contribution is -2.53. The number of nitrogens with zero attached hydrogens (tertiary/aromatic N) is 2. The molecule has 0 fully saturated rings. The Balaban J connectivity index is 2.05. The van der Waals surface area contributed by atoms with E-state index in [1.165, 1.54) is 12.0 Å². The molecule has 10 heteroatoms. The van der Waals surface area contributed by atoms with Crippen LogP contribution < -0.4 is 19.1 Å². The predicted molar refractivity (Wildman–Crippen MR) is 151 cm³/mol. The molecular weight excluding hydrogens is 518 g/mol. The van der Waals surface area contributed by atoms with Crippen LogP contribution in [0.25, 0.3) is 0 Å². The van der Waals surface area contributed by atoms with E-state index < -0.39 is 28.5 Å². The molecule has 3 aromatic carbocycles. The fourth-order valence-electron chi connectivity index (χ4n) is 4.19. The van der Waals surface area contributed by atoms with E-state index >= 15 is 0 Å². The second kappa shape index (κ2) is 13.7. The Bertz CT molecular complexity index is 1360. The Morgan fingerprint density at radius 2 is 1.49 bits per heavy atom. The third-order valence-corrected chi connectivity index (χ3v) is 7.27. The molecule has 39 heavy (non-hydrogen) atoms. The molecule has 1 atom stereocenters. The van der Waals surface area contributed by atoms with Gasteiger partial charge in [-0.1, -0.05) is 48.5 Å². The van der Waals surface area contributed by atoms with Gasteiger partial charge in [0.15, 0.2) is 0 Å². The Morgan fingerprint density at radius 1 is 0.872 bits per heavy atom. The van der Waals surface area contributed by atoms with Crippen molar-refractivity contribution >= 4 is 27.5 Å². The van der Waals surface area contributed by atoms with Crippen molar-refractivity contribution in [3.05, 3.63) is 90.0 Å². The molecule has 0 unspecified atom stereocenters. The average Bonchev–Trinajstić information content (AvgIpc) is 2.93. The summed E-state index contributed by atoms with van der Waals surface area (Å²) < 4.78 is 37.3. The fraction of sp³-hybridized carbons (Fsp3) is 0.310. The first kappa shape index (κ1) is 29.5. The molecular formula is C29H35N3O6S. The van der Waals surface area contributed by atoms with Crippen molar-refractivity contribution in [2.45, 2.75) is 25.9 Å². The minimum absolute atomic E-state index is 0.0698. The number of amides is 2. The standard InChI is InChI=1S/C29H35N3O6S/c1-5-30-29(34)27(18-22-11-7-6-8-12-22)31(20-23-13-9-15-25(17-23)37-2)28(33)21-32(39(4,35)36)24-14-10-16-26(19-24)38-3/h6-17,19,27H,5,18,20-21H2,1-4H3,(H,30,34)/t27-/m1/s1. The summed E-state index contributed by atoms with van der Waals surface area (Å²) in [5, 5.41) is 2.83. The van der Waals surface area contributed by atoms with Gasteiger partial charge in [0.1, 0.15) is 24.1 Å². The summed E-state index contributed by atoms with van der Waals surface area (Å²) in [6, 6.07) is 22.2. The lowest BCUT2D eigenvalue weighted by Gasteiger charge is -2.33. The van der Waals surface area contributed by atoms with E-state index in [4.69, 9.17) is 9.47 Å². The maximum atomic E-state index is 14.0. The number of sulfonamides is 1. The number of methoxy groups -OCH3 is 2. The highest BCUT2D eigenvalue weighted by Gasteiger charge is 2.33. The normalized spacial score (nSPS) is 11.8. The third-order valence-electron chi connectivity index (χ3n) is 6.13. The summed E-state index contributed by atoms with van der Waals surface area (Å²) in [6.45, 7) is 1.76. The van der Waals surface area contributed by atoms with Gasteiger partial charge in [0, 0.05) is 25.6 Å². The smallest absolute Gasteiger partial charge is 0.244 e. The largest absolute Gasteiger partial charge is 0.497 e. The molecule has 0 bridgehead atoms. The van der Waals surface area contributed by atoms with Crippen molar-refractivity contribution in [2.75, 3.05) is 37.9 Å². The number of rotatable bonds is 13. The molecule has 3 aromatic rings. The number of likely N-dealkylation sites (N-methyl/N-ethyl adjacent to an activating group) is 1. The van der Waals surface area contributed by atoms with E-state index in [-0.39, 0.29) is 24.6 Å². The van der Waals surface area contributed by atoms with Crippen LogP contribution in [-0.4, -0.2) is 64.7 Å². The molecule has 0 heterocycles. The first-order valence-corrected chi connectivity index (χ1v) is 14.4. The fourth-order valence-corrected chi connectivity index (χ4v) is 5.03. The van der Waals surface area contributed by atoms with Crippen LogP contribution in [0.4, 0.5) is 5.69 Å². The molecule has 2 amide bonds. The monoisotopic (exact) mass is 553 g/mol. The summed E-state index contributed by atoms with van der Waals surface area (Å²) in [5.41, 5.74) is 1.88. The third kappa shape index (κ3) is 8.22. The van der Waals surface area contributed by atoms with Crippen LogP contribution in [-0.2, 0) is 32.6 Å². The quantitative estimate of drug-likeness (QED) is 0.349. The molecule has 1 N–H and O–H groups in total. The Labute approximate surface area is 230 Å². The van der Waals surface area contributed by atoms with Gasteiger partial charge in [0.2, 0.25) is 21.8 Å². The van der Waals surface area contributed by atoms with Crippen LogP contribution in [0.1, 0.15) is 18.1 Å². The molecule has 0 saturated heterocycles. The zero-order valence-electron chi connectivity index (χ0n) is 22.7. The van der Waals surface area contributed by atoms with Gasteiger partial charge in [-0.05, 0) is 42.3 Å². The summed E-state index contributed by atoms with van der Waals surface area (Å²) in [7, 11) is -0.834. The summed E-state index contributed by atoms with van der Waals surface area (Å²) >= 11 is 0. The summed E-state index contributed by atoms with van der Waals surface area (Å²) in [4.78, 5) is 28.8. The summed E-state index contributed by atoms with van der Waals surface area (Å²) in [6.07, 6.45) is 1.29. The number of carbonyl (C=O) groups is 2. The number of hydrogen-bond acceptors (Lipinski definition) is 6.